The second kappa shape index (κ2) is 8.19. The molecule has 0 saturated carbocycles. The number of carbonyl (C=O) groups is 1. The van der Waals surface area contributed by atoms with Crippen LogP contribution in [0.5, 0.6) is 5.75 Å². The van der Waals surface area contributed by atoms with E-state index in [0.717, 1.165) is 25.9 Å². The van der Waals surface area contributed by atoms with E-state index >= 15 is 0 Å². The first-order valence-electron chi connectivity index (χ1n) is 8.72. The molecule has 1 aliphatic heterocycles. The first-order chi connectivity index (χ1) is 11.7. The van der Waals surface area contributed by atoms with Gasteiger partial charge < -0.3 is 9.64 Å². The van der Waals surface area contributed by atoms with E-state index in [2.05, 4.69) is 4.72 Å². The lowest BCUT2D eigenvalue weighted by Gasteiger charge is -2.21. The summed E-state index contributed by atoms with van der Waals surface area (Å²) in [5, 5.41) is 0. The minimum absolute atomic E-state index is 0.0204. The van der Waals surface area contributed by atoms with Crippen molar-refractivity contribution < 1.29 is 17.9 Å². The molecule has 0 aliphatic carbocycles. The van der Waals surface area contributed by atoms with Crippen LogP contribution in [0.4, 0.5) is 0 Å². The molecule has 1 saturated heterocycles. The lowest BCUT2D eigenvalue weighted by atomic mass is 10.1. The largest absolute Gasteiger partial charge is 0.484 e. The summed E-state index contributed by atoms with van der Waals surface area (Å²) in [6.07, 6.45) is 4.42. The van der Waals surface area contributed by atoms with Crippen molar-refractivity contribution in [3.8, 4) is 5.75 Å². The molecule has 140 valence electrons. The minimum atomic E-state index is -3.57. The molecule has 0 radical (unpaired) electrons. The average molecular weight is 368 g/mol. The Balaban J connectivity index is 1.93. The highest BCUT2D eigenvalue weighted by Gasteiger charge is 2.22. The molecule has 2 rings (SSSR count). The summed E-state index contributed by atoms with van der Waals surface area (Å²) in [6.45, 7) is 6.92. The predicted octanol–water partition coefficient (Wildman–Crippen LogP) is 2.54. The summed E-state index contributed by atoms with van der Waals surface area (Å²) >= 11 is 0. The van der Waals surface area contributed by atoms with Crippen molar-refractivity contribution in [2.45, 2.75) is 56.9 Å². The van der Waals surface area contributed by atoms with Crippen LogP contribution < -0.4 is 9.46 Å². The Morgan fingerprint density at radius 1 is 1.08 bits per heavy atom. The maximum atomic E-state index is 12.3. The number of benzene rings is 1. The summed E-state index contributed by atoms with van der Waals surface area (Å²) < 4.78 is 32.6. The Bertz CT molecular complexity index is 670. The Kier molecular flexibility index (Phi) is 6.46. The third kappa shape index (κ3) is 6.32. The third-order valence-electron chi connectivity index (χ3n) is 3.90. The zero-order chi connectivity index (χ0) is 18.5. The molecule has 25 heavy (non-hydrogen) atoms. The number of hydrogen-bond donors (Lipinski definition) is 1. The first kappa shape index (κ1) is 19.7. The van der Waals surface area contributed by atoms with E-state index in [1.807, 2.05) is 4.90 Å². The summed E-state index contributed by atoms with van der Waals surface area (Å²) in [5.41, 5.74) is -0.548. The molecule has 1 amide bonds. The number of sulfonamides is 1. The number of nitrogens with one attached hydrogen (secondary N) is 1. The lowest BCUT2D eigenvalue weighted by Crippen LogP contribution is -2.40. The van der Waals surface area contributed by atoms with E-state index in [4.69, 9.17) is 4.74 Å². The van der Waals surface area contributed by atoms with Gasteiger partial charge in [-0.25, -0.2) is 13.1 Å². The second-order valence-corrected chi connectivity index (χ2v) is 9.09. The van der Waals surface area contributed by atoms with E-state index in [1.165, 1.54) is 25.0 Å². The van der Waals surface area contributed by atoms with Gasteiger partial charge in [0.25, 0.3) is 5.91 Å². The van der Waals surface area contributed by atoms with Crippen molar-refractivity contribution in [3.05, 3.63) is 24.3 Å². The van der Waals surface area contributed by atoms with E-state index in [1.54, 1.807) is 32.9 Å². The number of hydrogen-bond acceptors (Lipinski definition) is 4. The van der Waals surface area contributed by atoms with Crippen LogP contribution in [0.2, 0.25) is 0 Å². The van der Waals surface area contributed by atoms with Gasteiger partial charge in [-0.1, -0.05) is 12.8 Å². The lowest BCUT2D eigenvalue weighted by molar-refractivity contribution is -0.133. The fourth-order valence-corrected chi connectivity index (χ4v) is 4.15. The van der Waals surface area contributed by atoms with Crippen molar-refractivity contribution >= 4 is 15.9 Å². The van der Waals surface area contributed by atoms with E-state index in [9.17, 15) is 13.2 Å². The van der Waals surface area contributed by atoms with Gasteiger partial charge in [0.15, 0.2) is 6.61 Å². The maximum absolute atomic E-state index is 12.3. The van der Waals surface area contributed by atoms with Crippen LogP contribution in [0.15, 0.2) is 29.2 Å². The van der Waals surface area contributed by atoms with Crippen LogP contribution in [0, 0.1) is 0 Å². The molecule has 0 atom stereocenters. The molecule has 1 N–H and O–H groups in total. The minimum Gasteiger partial charge on any atom is -0.484 e. The average Bonchev–Trinajstić information content (AvgIpc) is 2.80. The van der Waals surface area contributed by atoms with Gasteiger partial charge in [0.1, 0.15) is 5.75 Å². The summed E-state index contributed by atoms with van der Waals surface area (Å²) in [5.74, 6) is 0.464. The second-order valence-electron chi connectivity index (χ2n) is 7.41. The number of ether oxygens (including phenoxy) is 1. The number of rotatable bonds is 5. The zero-order valence-corrected chi connectivity index (χ0v) is 16.1. The van der Waals surface area contributed by atoms with E-state index in [-0.39, 0.29) is 17.4 Å². The van der Waals surface area contributed by atoms with Gasteiger partial charge in [-0.05, 0) is 57.9 Å². The normalized spacial score (nSPS) is 16.4. The highest BCUT2D eigenvalue weighted by atomic mass is 32.2. The molecule has 0 spiro atoms. The van der Waals surface area contributed by atoms with Crippen LogP contribution in [0.25, 0.3) is 0 Å². The van der Waals surface area contributed by atoms with Gasteiger partial charge in [0.2, 0.25) is 10.0 Å². The topological polar surface area (TPSA) is 75.7 Å². The zero-order valence-electron chi connectivity index (χ0n) is 15.2. The van der Waals surface area contributed by atoms with Crippen molar-refractivity contribution in [2.75, 3.05) is 19.7 Å². The Morgan fingerprint density at radius 3 is 2.16 bits per heavy atom. The van der Waals surface area contributed by atoms with Crippen LogP contribution in [-0.4, -0.2) is 44.5 Å². The molecule has 1 aliphatic rings. The highest BCUT2D eigenvalue weighted by Crippen LogP contribution is 2.18. The predicted molar refractivity (Wildman–Crippen MR) is 97.1 cm³/mol. The number of likely N-dealkylation sites (tertiary alicyclic amines) is 1. The first-order valence-corrected chi connectivity index (χ1v) is 10.2. The molecule has 0 bridgehead atoms. The van der Waals surface area contributed by atoms with E-state index in [0.29, 0.717) is 5.75 Å². The maximum Gasteiger partial charge on any atom is 0.260 e. The van der Waals surface area contributed by atoms with Crippen molar-refractivity contribution in [3.63, 3.8) is 0 Å². The standard InChI is InChI=1S/C18H28N2O4S/c1-18(2,3)19-25(22,23)16-10-8-15(9-11-16)24-14-17(21)20-12-6-4-5-7-13-20/h8-11,19H,4-7,12-14H2,1-3H3. The molecule has 1 aromatic rings. The SMILES string of the molecule is CC(C)(C)NS(=O)(=O)c1ccc(OCC(=O)N2CCCCCC2)cc1. The molecule has 0 aromatic heterocycles. The molecule has 1 heterocycles. The van der Waals surface area contributed by atoms with Gasteiger partial charge in [0.05, 0.1) is 4.90 Å². The van der Waals surface area contributed by atoms with Crippen molar-refractivity contribution in [1.82, 2.24) is 9.62 Å². The van der Waals surface area contributed by atoms with Crippen molar-refractivity contribution in [2.24, 2.45) is 0 Å². The summed E-state index contributed by atoms with van der Waals surface area (Å²) in [6, 6.07) is 6.12. The summed E-state index contributed by atoms with van der Waals surface area (Å²) in [4.78, 5) is 14.2. The monoisotopic (exact) mass is 368 g/mol. The highest BCUT2D eigenvalue weighted by molar-refractivity contribution is 7.89. The van der Waals surface area contributed by atoms with Crippen LogP contribution in [0.3, 0.4) is 0 Å². The van der Waals surface area contributed by atoms with Crippen LogP contribution in [-0.2, 0) is 14.8 Å². The van der Waals surface area contributed by atoms with Crippen LogP contribution >= 0.6 is 0 Å². The quantitative estimate of drug-likeness (QED) is 0.867. The Labute approximate surface area is 150 Å². The fraction of sp³-hybridized carbons (Fsp3) is 0.611. The fourth-order valence-electron chi connectivity index (χ4n) is 2.73. The third-order valence-corrected chi connectivity index (χ3v) is 5.67. The molecule has 7 heteroatoms. The number of nitrogens with zero attached hydrogens (tertiary/aromatic N) is 1. The molecular weight excluding hydrogens is 340 g/mol. The van der Waals surface area contributed by atoms with Gasteiger partial charge >= 0.3 is 0 Å². The van der Waals surface area contributed by atoms with E-state index < -0.39 is 15.6 Å². The number of carbonyl (C=O) groups excluding carboxylic acids is 1. The molecule has 0 unspecified atom stereocenters. The Hall–Kier alpha value is -1.60. The van der Waals surface area contributed by atoms with Gasteiger partial charge in [-0.15, -0.1) is 0 Å². The molecule has 1 aromatic carbocycles. The van der Waals surface area contributed by atoms with Crippen LogP contribution in [0.1, 0.15) is 46.5 Å². The van der Waals surface area contributed by atoms with Gasteiger partial charge in [-0.2, -0.15) is 0 Å². The van der Waals surface area contributed by atoms with Gasteiger partial charge in [-0.3, -0.25) is 4.79 Å². The smallest absolute Gasteiger partial charge is 0.260 e. The molecule has 1 fully saturated rings. The van der Waals surface area contributed by atoms with Crippen molar-refractivity contribution in [1.29, 1.82) is 0 Å². The Morgan fingerprint density at radius 2 is 1.64 bits per heavy atom. The summed E-state index contributed by atoms with van der Waals surface area (Å²) in [7, 11) is -3.57. The number of amides is 1. The molecule has 6 nitrogen and oxygen atoms in total. The molecular formula is C18H28N2O4S. The van der Waals surface area contributed by atoms with Gasteiger partial charge in [0, 0.05) is 18.6 Å².